The second kappa shape index (κ2) is 6.74. The first-order chi connectivity index (χ1) is 9.15. The first kappa shape index (κ1) is 14.8. The van der Waals surface area contributed by atoms with Crippen molar-refractivity contribution in [2.45, 2.75) is 44.8 Å². The third kappa shape index (κ3) is 3.95. The van der Waals surface area contributed by atoms with Gasteiger partial charge in [0.15, 0.2) is 0 Å². The molecule has 0 bridgehead atoms. The molecule has 0 radical (unpaired) electrons. The van der Waals surface area contributed by atoms with E-state index in [4.69, 9.17) is 16.3 Å². The Morgan fingerprint density at radius 3 is 2.89 bits per heavy atom. The maximum Gasteiger partial charge on any atom is 0.0813 e. The second-order valence-corrected chi connectivity index (χ2v) is 6.20. The van der Waals surface area contributed by atoms with E-state index >= 15 is 0 Å². The minimum Gasteiger partial charge on any atom is -0.369 e. The molecule has 1 aromatic rings. The van der Waals surface area contributed by atoms with Crippen molar-refractivity contribution in [3.05, 3.63) is 34.9 Å². The predicted molar refractivity (Wildman–Crippen MR) is 80.5 cm³/mol. The number of hydrogen-bond donors (Lipinski definition) is 1. The van der Waals surface area contributed by atoms with Gasteiger partial charge in [-0.15, -0.1) is 0 Å². The predicted octanol–water partition coefficient (Wildman–Crippen LogP) is 4.02. The number of nitrogens with one attached hydrogen (secondary N) is 1. The van der Waals surface area contributed by atoms with Crippen LogP contribution in [-0.4, -0.2) is 19.2 Å². The molecule has 19 heavy (non-hydrogen) atoms. The van der Waals surface area contributed by atoms with E-state index < -0.39 is 0 Å². The Morgan fingerprint density at radius 2 is 2.21 bits per heavy atom. The molecular weight excluding hydrogens is 258 g/mol. The Hall–Kier alpha value is -0.570. The molecule has 3 heteroatoms. The van der Waals surface area contributed by atoms with Gasteiger partial charge in [0.2, 0.25) is 0 Å². The van der Waals surface area contributed by atoms with Gasteiger partial charge < -0.3 is 10.1 Å². The van der Waals surface area contributed by atoms with E-state index in [2.05, 4.69) is 12.2 Å². The van der Waals surface area contributed by atoms with E-state index in [0.29, 0.717) is 6.61 Å². The molecule has 0 aromatic heterocycles. The molecular formula is C16H24ClNO. The van der Waals surface area contributed by atoms with E-state index in [9.17, 15) is 0 Å². The number of hydrogen-bond acceptors (Lipinski definition) is 2. The van der Waals surface area contributed by atoms with Gasteiger partial charge in [-0.3, -0.25) is 0 Å². The minimum atomic E-state index is -0.0222. The third-order valence-corrected chi connectivity index (χ3v) is 4.41. The molecule has 1 fully saturated rings. The summed E-state index contributed by atoms with van der Waals surface area (Å²) in [5, 5.41) is 4.09. The highest BCUT2D eigenvalue weighted by Crippen LogP contribution is 2.35. The van der Waals surface area contributed by atoms with Crippen LogP contribution in [0.15, 0.2) is 24.3 Å². The molecule has 0 spiro atoms. The fraction of sp³-hybridized carbons (Fsp3) is 0.625. The zero-order valence-corrected chi connectivity index (χ0v) is 12.7. The van der Waals surface area contributed by atoms with E-state index in [1.54, 1.807) is 0 Å². The summed E-state index contributed by atoms with van der Waals surface area (Å²) in [6, 6.07) is 7.94. The molecule has 0 heterocycles. The van der Waals surface area contributed by atoms with Gasteiger partial charge in [0.1, 0.15) is 0 Å². The lowest BCUT2D eigenvalue weighted by molar-refractivity contribution is -0.0880. The summed E-state index contributed by atoms with van der Waals surface area (Å²) in [5.74, 6) is 0.744. The van der Waals surface area contributed by atoms with E-state index in [1.165, 1.54) is 12.8 Å². The maximum atomic E-state index is 6.30. The van der Waals surface area contributed by atoms with Crippen LogP contribution in [0.3, 0.4) is 0 Å². The lowest BCUT2D eigenvalue weighted by Crippen LogP contribution is -2.45. The average Bonchev–Trinajstić information content (AvgIpc) is 2.38. The molecule has 0 saturated heterocycles. The van der Waals surface area contributed by atoms with Crippen LogP contribution in [-0.2, 0) is 11.3 Å². The number of likely N-dealkylation sites (N-methyl/N-ethyl adjacent to an activating group) is 1. The normalized spacial score (nSPS) is 27.4. The molecule has 0 aliphatic heterocycles. The van der Waals surface area contributed by atoms with E-state index in [1.807, 2.05) is 31.3 Å². The van der Waals surface area contributed by atoms with Crippen molar-refractivity contribution in [2.75, 3.05) is 13.6 Å². The Kier molecular flexibility index (Phi) is 5.26. The van der Waals surface area contributed by atoms with Gasteiger partial charge >= 0.3 is 0 Å². The molecule has 0 amide bonds. The fourth-order valence-electron chi connectivity index (χ4n) is 3.12. The molecule has 106 valence electrons. The van der Waals surface area contributed by atoms with E-state index in [0.717, 1.165) is 35.9 Å². The van der Waals surface area contributed by atoms with Gasteiger partial charge in [-0.05, 0) is 37.4 Å². The van der Waals surface area contributed by atoms with Crippen LogP contribution in [0.4, 0.5) is 0 Å². The summed E-state index contributed by atoms with van der Waals surface area (Å²) in [5.41, 5.74) is 1.06. The van der Waals surface area contributed by atoms with Crippen LogP contribution in [0.2, 0.25) is 5.02 Å². The summed E-state index contributed by atoms with van der Waals surface area (Å²) in [6.45, 7) is 3.85. The standard InChI is InChI=1S/C16H24ClNO/c1-13-6-5-9-16(10-13,12-18-2)19-11-14-7-3-4-8-15(14)17/h3-4,7-8,13,18H,5-6,9-12H2,1-2H3. The van der Waals surface area contributed by atoms with Crippen LogP contribution in [0, 0.1) is 5.92 Å². The van der Waals surface area contributed by atoms with Crippen LogP contribution in [0.1, 0.15) is 38.2 Å². The van der Waals surface area contributed by atoms with Gasteiger partial charge in [0.05, 0.1) is 12.2 Å². The summed E-state index contributed by atoms with van der Waals surface area (Å²) in [6.07, 6.45) is 4.85. The molecule has 1 saturated carbocycles. The van der Waals surface area contributed by atoms with Crippen LogP contribution in [0.25, 0.3) is 0 Å². The second-order valence-electron chi connectivity index (χ2n) is 5.79. The summed E-state index contributed by atoms with van der Waals surface area (Å²) in [4.78, 5) is 0. The molecule has 1 N–H and O–H groups in total. The molecule has 2 unspecified atom stereocenters. The fourth-order valence-corrected chi connectivity index (χ4v) is 3.31. The Bertz CT molecular complexity index is 405. The maximum absolute atomic E-state index is 6.30. The van der Waals surface area contributed by atoms with Crippen molar-refractivity contribution in [2.24, 2.45) is 5.92 Å². The summed E-state index contributed by atoms with van der Waals surface area (Å²) >= 11 is 6.20. The number of benzene rings is 1. The van der Waals surface area contributed by atoms with Crippen molar-refractivity contribution in [3.63, 3.8) is 0 Å². The van der Waals surface area contributed by atoms with Gasteiger partial charge in [-0.1, -0.05) is 49.6 Å². The van der Waals surface area contributed by atoms with Crippen molar-refractivity contribution >= 4 is 11.6 Å². The van der Waals surface area contributed by atoms with Gasteiger partial charge in [-0.25, -0.2) is 0 Å². The van der Waals surface area contributed by atoms with Crippen LogP contribution < -0.4 is 5.32 Å². The monoisotopic (exact) mass is 281 g/mol. The van der Waals surface area contributed by atoms with Gasteiger partial charge in [-0.2, -0.15) is 0 Å². The zero-order chi connectivity index (χ0) is 13.7. The SMILES string of the molecule is CNCC1(OCc2ccccc2Cl)CCCC(C)C1. The topological polar surface area (TPSA) is 21.3 Å². The van der Waals surface area contributed by atoms with Gasteiger partial charge in [0, 0.05) is 11.6 Å². The zero-order valence-electron chi connectivity index (χ0n) is 11.9. The number of halogens is 1. The number of ether oxygens (including phenoxy) is 1. The van der Waals surface area contributed by atoms with Gasteiger partial charge in [0.25, 0.3) is 0 Å². The van der Waals surface area contributed by atoms with Crippen molar-refractivity contribution < 1.29 is 4.74 Å². The lowest BCUT2D eigenvalue weighted by Gasteiger charge is -2.40. The third-order valence-electron chi connectivity index (χ3n) is 4.04. The van der Waals surface area contributed by atoms with Crippen molar-refractivity contribution in [1.29, 1.82) is 0 Å². The molecule has 2 atom stereocenters. The van der Waals surface area contributed by atoms with Crippen LogP contribution in [0.5, 0.6) is 0 Å². The molecule has 2 rings (SSSR count). The van der Waals surface area contributed by atoms with Crippen molar-refractivity contribution in [3.8, 4) is 0 Å². The highest BCUT2D eigenvalue weighted by molar-refractivity contribution is 6.31. The Balaban J connectivity index is 2.03. The summed E-state index contributed by atoms with van der Waals surface area (Å²) < 4.78 is 6.30. The molecule has 2 nitrogen and oxygen atoms in total. The molecule has 1 aliphatic carbocycles. The quantitative estimate of drug-likeness (QED) is 0.880. The average molecular weight is 282 g/mol. The minimum absolute atomic E-state index is 0.0222. The first-order valence-corrected chi connectivity index (χ1v) is 7.55. The first-order valence-electron chi connectivity index (χ1n) is 7.17. The summed E-state index contributed by atoms with van der Waals surface area (Å²) in [7, 11) is 2.00. The lowest BCUT2D eigenvalue weighted by atomic mass is 9.78. The Morgan fingerprint density at radius 1 is 1.42 bits per heavy atom. The van der Waals surface area contributed by atoms with Crippen LogP contribution >= 0.6 is 11.6 Å². The highest BCUT2D eigenvalue weighted by atomic mass is 35.5. The molecule has 1 aliphatic rings. The van der Waals surface area contributed by atoms with Crippen molar-refractivity contribution in [1.82, 2.24) is 5.32 Å². The highest BCUT2D eigenvalue weighted by Gasteiger charge is 2.35. The smallest absolute Gasteiger partial charge is 0.0813 e. The Labute approximate surface area is 121 Å². The largest absolute Gasteiger partial charge is 0.369 e. The van der Waals surface area contributed by atoms with E-state index in [-0.39, 0.29) is 5.60 Å². The molecule has 1 aromatic carbocycles. The number of rotatable bonds is 5.